The van der Waals surface area contributed by atoms with Crippen LogP contribution in [-0.2, 0) is 10.4 Å². The molecule has 4 nitrogen and oxygen atoms in total. The molecule has 0 saturated heterocycles. The fourth-order valence-corrected chi connectivity index (χ4v) is 3.69. The zero-order chi connectivity index (χ0) is 18.6. The minimum absolute atomic E-state index is 0.0111. The van der Waals surface area contributed by atoms with Crippen LogP contribution in [0.1, 0.15) is 51.0 Å². The van der Waals surface area contributed by atoms with E-state index in [1.807, 2.05) is 54.6 Å². The number of para-hydroxylation sites is 1. The lowest BCUT2D eigenvalue weighted by Gasteiger charge is -2.42. The maximum absolute atomic E-state index is 11.2. The number of carbonyl (C=O) groups is 1. The molecule has 4 heteroatoms. The van der Waals surface area contributed by atoms with Crippen LogP contribution >= 0.6 is 0 Å². The Morgan fingerprint density at radius 3 is 2.31 bits per heavy atom. The van der Waals surface area contributed by atoms with Gasteiger partial charge < -0.3 is 14.9 Å². The Kier molecular flexibility index (Phi) is 5.33. The Hall–Kier alpha value is -2.33. The van der Waals surface area contributed by atoms with Crippen LogP contribution < -0.4 is 4.74 Å². The summed E-state index contributed by atoms with van der Waals surface area (Å²) < 4.78 is 5.88. The van der Waals surface area contributed by atoms with Crippen molar-refractivity contribution in [3.63, 3.8) is 0 Å². The Morgan fingerprint density at radius 2 is 1.65 bits per heavy atom. The fourth-order valence-electron chi connectivity index (χ4n) is 3.69. The van der Waals surface area contributed by atoms with E-state index in [2.05, 4.69) is 6.92 Å². The van der Waals surface area contributed by atoms with Crippen LogP contribution in [0.15, 0.2) is 54.6 Å². The molecule has 26 heavy (non-hydrogen) atoms. The van der Waals surface area contributed by atoms with E-state index in [4.69, 9.17) is 9.84 Å². The Labute approximate surface area is 154 Å². The van der Waals surface area contributed by atoms with Gasteiger partial charge in [-0.2, -0.15) is 0 Å². The number of hydrogen-bond donors (Lipinski definition) is 2. The van der Waals surface area contributed by atoms with Gasteiger partial charge in [0.2, 0.25) is 0 Å². The molecule has 0 unspecified atom stereocenters. The molecular weight excluding hydrogens is 328 g/mol. The van der Waals surface area contributed by atoms with Crippen LogP contribution in [0.5, 0.6) is 11.5 Å². The minimum atomic E-state index is -0.876. The van der Waals surface area contributed by atoms with Crippen molar-refractivity contribution < 1.29 is 19.7 Å². The van der Waals surface area contributed by atoms with Gasteiger partial charge in [-0.15, -0.1) is 0 Å². The van der Waals surface area contributed by atoms with Gasteiger partial charge in [-0.05, 0) is 67.3 Å². The third-order valence-corrected chi connectivity index (χ3v) is 5.58. The molecule has 0 aliphatic heterocycles. The lowest BCUT2D eigenvalue weighted by Crippen LogP contribution is -2.36. The highest BCUT2D eigenvalue weighted by Gasteiger charge is 2.40. The third-order valence-electron chi connectivity index (χ3n) is 5.58. The Bertz CT molecular complexity index is 746. The highest BCUT2D eigenvalue weighted by Crippen LogP contribution is 2.48. The predicted molar refractivity (Wildman–Crippen MR) is 100 cm³/mol. The molecule has 0 aromatic heterocycles. The number of aliphatic carboxylic acids is 1. The third kappa shape index (κ3) is 4.44. The van der Waals surface area contributed by atoms with Crippen molar-refractivity contribution in [2.45, 2.75) is 51.0 Å². The minimum Gasteiger partial charge on any atom is -0.481 e. The Balaban J connectivity index is 1.69. The second kappa shape index (κ2) is 7.50. The topological polar surface area (TPSA) is 66.8 Å². The molecule has 1 saturated carbocycles. The highest BCUT2D eigenvalue weighted by molar-refractivity contribution is 5.66. The molecule has 0 bridgehead atoms. The van der Waals surface area contributed by atoms with E-state index >= 15 is 0 Å². The van der Waals surface area contributed by atoms with Crippen LogP contribution in [0.25, 0.3) is 0 Å². The number of rotatable bonds is 6. The number of benzene rings is 2. The smallest absolute Gasteiger partial charge is 0.303 e. The van der Waals surface area contributed by atoms with E-state index in [1.54, 1.807) is 0 Å². The summed E-state index contributed by atoms with van der Waals surface area (Å²) in [5.74, 6) is 0.723. The molecule has 1 fully saturated rings. The van der Waals surface area contributed by atoms with Crippen LogP contribution in [0.4, 0.5) is 0 Å². The number of hydrogen-bond acceptors (Lipinski definition) is 3. The van der Waals surface area contributed by atoms with Crippen molar-refractivity contribution in [3.8, 4) is 11.5 Å². The first-order valence-electron chi connectivity index (χ1n) is 9.16. The highest BCUT2D eigenvalue weighted by atomic mass is 16.5. The predicted octanol–water partition coefficient (Wildman–Crippen LogP) is 5.11. The summed E-state index contributed by atoms with van der Waals surface area (Å²) in [6.45, 7) is 2.13. The van der Waals surface area contributed by atoms with Crippen molar-refractivity contribution in [3.05, 3.63) is 60.2 Å². The number of aliphatic hydroxyl groups is 1. The first-order chi connectivity index (χ1) is 12.4. The standard InChI is InChI=1S/C22H26O4/c1-21(11-10-20(23)24)12-14-22(25,15-13-21)17-6-5-9-19(16-17)26-18-7-3-2-4-8-18/h2-9,16,25H,10-15H2,1H3,(H,23,24). The zero-order valence-electron chi connectivity index (χ0n) is 15.1. The van der Waals surface area contributed by atoms with E-state index in [0.29, 0.717) is 25.0 Å². The maximum Gasteiger partial charge on any atom is 0.303 e. The van der Waals surface area contributed by atoms with E-state index in [9.17, 15) is 9.90 Å². The summed E-state index contributed by atoms with van der Waals surface area (Å²) in [6.07, 6.45) is 3.77. The largest absolute Gasteiger partial charge is 0.481 e. The summed E-state index contributed by atoms with van der Waals surface area (Å²) >= 11 is 0. The van der Waals surface area contributed by atoms with Gasteiger partial charge in [-0.1, -0.05) is 37.3 Å². The molecule has 0 amide bonds. The lowest BCUT2D eigenvalue weighted by molar-refractivity contribution is -0.138. The van der Waals surface area contributed by atoms with Crippen LogP contribution in [-0.4, -0.2) is 16.2 Å². The monoisotopic (exact) mass is 354 g/mol. The van der Waals surface area contributed by atoms with Gasteiger partial charge in [0.1, 0.15) is 11.5 Å². The first kappa shape index (κ1) is 18.5. The molecule has 0 atom stereocenters. The van der Waals surface area contributed by atoms with Crippen molar-refractivity contribution in [1.29, 1.82) is 0 Å². The lowest BCUT2D eigenvalue weighted by atomic mass is 9.66. The second-order valence-corrected chi connectivity index (χ2v) is 7.68. The van der Waals surface area contributed by atoms with E-state index in [-0.39, 0.29) is 11.8 Å². The molecule has 138 valence electrons. The molecule has 0 spiro atoms. The molecule has 1 aliphatic carbocycles. The summed E-state index contributed by atoms with van der Waals surface area (Å²) in [7, 11) is 0. The van der Waals surface area contributed by atoms with Gasteiger partial charge >= 0.3 is 5.97 Å². The summed E-state index contributed by atoms with van der Waals surface area (Å²) in [5, 5.41) is 20.1. The maximum atomic E-state index is 11.2. The molecule has 2 aromatic carbocycles. The van der Waals surface area contributed by atoms with Crippen LogP contribution in [0.2, 0.25) is 0 Å². The molecular formula is C22H26O4. The van der Waals surface area contributed by atoms with Crippen LogP contribution in [0.3, 0.4) is 0 Å². The normalized spacial score (nSPS) is 25.6. The van der Waals surface area contributed by atoms with Gasteiger partial charge in [-0.3, -0.25) is 4.79 Å². The molecule has 3 rings (SSSR count). The van der Waals surface area contributed by atoms with Crippen molar-refractivity contribution in [1.82, 2.24) is 0 Å². The molecule has 0 heterocycles. The summed E-state index contributed by atoms with van der Waals surface area (Å²) in [6, 6.07) is 17.2. The average molecular weight is 354 g/mol. The molecule has 1 aliphatic rings. The number of ether oxygens (including phenoxy) is 1. The van der Waals surface area contributed by atoms with Gasteiger partial charge in [0.15, 0.2) is 0 Å². The van der Waals surface area contributed by atoms with E-state index in [0.717, 1.165) is 24.2 Å². The van der Waals surface area contributed by atoms with Crippen molar-refractivity contribution >= 4 is 5.97 Å². The van der Waals surface area contributed by atoms with Crippen molar-refractivity contribution in [2.75, 3.05) is 0 Å². The molecule has 0 radical (unpaired) electrons. The van der Waals surface area contributed by atoms with Gasteiger partial charge in [0, 0.05) is 6.42 Å². The molecule has 2 N–H and O–H groups in total. The SMILES string of the molecule is CC1(CCC(=O)O)CCC(O)(c2cccc(Oc3ccccc3)c2)CC1. The van der Waals surface area contributed by atoms with Gasteiger partial charge in [-0.25, -0.2) is 0 Å². The van der Waals surface area contributed by atoms with E-state index in [1.165, 1.54) is 0 Å². The van der Waals surface area contributed by atoms with Crippen molar-refractivity contribution in [2.24, 2.45) is 5.41 Å². The Morgan fingerprint density at radius 1 is 1.00 bits per heavy atom. The van der Waals surface area contributed by atoms with Gasteiger partial charge in [0.05, 0.1) is 5.60 Å². The number of carboxylic acid groups (broad SMARTS) is 1. The van der Waals surface area contributed by atoms with Gasteiger partial charge in [0.25, 0.3) is 0 Å². The first-order valence-corrected chi connectivity index (χ1v) is 9.16. The van der Waals surface area contributed by atoms with Crippen LogP contribution in [0, 0.1) is 5.41 Å². The van der Waals surface area contributed by atoms with E-state index < -0.39 is 11.6 Å². The number of carboxylic acids is 1. The summed E-state index contributed by atoms with van der Waals surface area (Å²) in [4.78, 5) is 10.9. The second-order valence-electron chi connectivity index (χ2n) is 7.68. The average Bonchev–Trinajstić information content (AvgIpc) is 2.64. The fraction of sp³-hybridized carbons (Fsp3) is 0.409. The molecule has 2 aromatic rings. The summed E-state index contributed by atoms with van der Waals surface area (Å²) in [5.41, 5.74) is -0.0205. The zero-order valence-corrected chi connectivity index (χ0v) is 15.1. The quantitative estimate of drug-likeness (QED) is 0.756.